The number of hydrogen-bond donors (Lipinski definition) is 2. The lowest BCUT2D eigenvalue weighted by Crippen LogP contribution is -2.37. The lowest BCUT2D eigenvalue weighted by Gasteiger charge is -2.16. The van der Waals surface area contributed by atoms with E-state index in [0.717, 1.165) is 64.9 Å². The van der Waals surface area contributed by atoms with Crippen LogP contribution in [0.3, 0.4) is 0 Å². The van der Waals surface area contributed by atoms with Crippen molar-refractivity contribution in [3.63, 3.8) is 0 Å². The maximum Gasteiger partial charge on any atom is 0.191 e. The minimum Gasteiger partial charge on any atom is -0.381 e. The normalized spacial score (nSPS) is 17.0. The summed E-state index contributed by atoms with van der Waals surface area (Å²) in [4.78, 5) is 6.49. The van der Waals surface area contributed by atoms with E-state index in [0.29, 0.717) is 5.92 Å². The summed E-state index contributed by atoms with van der Waals surface area (Å²) >= 11 is 0. The van der Waals surface area contributed by atoms with Gasteiger partial charge in [0.1, 0.15) is 0 Å². The van der Waals surface area contributed by atoms with Gasteiger partial charge in [0.15, 0.2) is 5.96 Å². The zero-order valence-electron chi connectivity index (χ0n) is 16.9. The summed E-state index contributed by atoms with van der Waals surface area (Å²) < 4.78 is 11.1. The van der Waals surface area contributed by atoms with Gasteiger partial charge in [-0.3, -0.25) is 4.99 Å². The lowest BCUT2D eigenvalue weighted by atomic mass is 10.1. The minimum atomic E-state index is 0. The summed E-state index contributed by atoms with van der Waals surface area (Å²) in [5.74, 6) is 1.41. The van der Waals surface area contributed by atoms with Crippen molar-refractivity contribution in [1.29, 1.82) is 0 Å². The molecule has 1 saturated heterocycles. The Morgan fingerprint density at radius 2 is 2.04 bits per heavy atom. The molecule has 1 atom stereocenters. The van der Waals surface area contributed by atoms with E-state index < -0.39 is 0 Å². The third-order valence-electron chi connectivity index (χ3n) is 4.41. The van der Waals surface area contributed by atoms with E-state index in [1.807, 2.05) is 0 Å². The summed E-state index contributed by atoms with van der Waals surface area (Å²) in [6.45, 7) is 5.87. The Labute approximate surface area is 181 Å². The first-order valence-corrected chi connectivity index (χ1v) is 9.50. The second-order valence-electron chi connectivity index (χ2n) is 7.02. The van der Waals surface area contributed by atoms with Gasteiger partial charge in [-0.15, -0.1) is 24.0 Å². The number of aliphatic imine (C=N–C) groups is 1. The van der Waals surface area contributed by atoms with Crippen LogP contribution in [0.15, 0.2) is 29.3 Å². The van der Waals surface area contributed by atoms with Gasteiger partial charge < -0.3 is 25.0 Å². The van der Waals surface area contributed by atoms with E-state index in [9.17, 15) is 0 Å². The zero-order chi connectivity index (χ0) is 18.6. The monoisotopic (exact) mass is 490 g/mol. The van der Waals surface area contributed by atoms with Gasteiger partial charge in [0.05, 0.1) is 13.2 Å². The first kappa shape index (κ1) is 24.1. The SMILES string of the molecule is CN=C(NCCCOCC1CCOC1)NCc1ccccc1CN(C)C.I. The van der Waals surface area contributed by atoms with Gasteiger partial charge in [-0.25, -0.2) is 0 Å². The molecule has 2 N–H and O–H groups in total. The number of guanidine groups is 1. The minimum absolute atomic E-state index is 0. The number of nitrogens with one attached hydrogen (secondary N) is 2. The summed E-state index contributed by atoms with van der Waals surface area (Å²) in [6, 6.07) is 8.52. The molecule has 0 spiro atoms. The van der Waals surface area contributed by atoms with Crippen molar-refractivity contribution in [3.8, 4) is 0 Å². The molecule has 154 valence electrons. The second kappa shape index (κ2) is 14.1. The molecule has 6 nitrogen and oxygen atoms in total. The fourth-order valence-corrected chi connectivity index (χ4v) is 2.97. The molecule has 7 heteroatoms. The van der Waals surface area contributed by atoms with Gasteiger partial charge in [0.25, 0.3) is 0 Å². The van der Waals surface area contributed by atoms with Crippen LogP contribution in [-0.4, -0.2) is 65.0 Å². The maximum absolute atomic E-state index is 5.73. The summed E-state index contributed by atoms with van der Waals surface area (Å²) in [5.41, 5.74) is 2.64. The van der Waals surface area contributed by atoms with Gasteiger partial charge in [-0.2, -0.15) is 0 Å². The molecule has 0 saturated carbocycles. The molecule has 0 radical (unpaired) electrons. The molecule has 0 aliphatic carbocycles. The van der Waals surface area contributed by atoms with Gasteiger partial charge in [0, 0.05) is 45.8 Å². The lowest BCUT2D eigenvalue weighted by molar-refractivity contribution is 0.0888. The van der Waals surface area contributed by atoms with Crippen LogP contribution in [0.25, 0.3) is 0 Å². The van der Waals surface area contributed by atoms with Crippen LogP contribution in [0, 0.1) is 5.92 Å². The molecule has 0 aromatic heterocycles. The van der Waals surface area contributed by atoms with Gasteiger partial charge >= 0.3 is 0 Å². The predicted molar refractivity (Wildman–Crippen MR) is 122 cm³/mol. The molecule has 1 unspecified atom stereocenters. The molecule has 0 bridgehead atoms. The quantitative estimate of drug-likeness (QED) is 0.229. The Balaban J connectivity index is 0.00000364. The molecule has 1 fully saturated rings. The number of ether oxygens (including phenoxy) is 2. The molecular weight excluding hydrogens is 455 g/mol. The van der Waals surface area contributed by atoms with Crippen LogP contribution in [0.5, 0.6) is 0 Å². The molecule has 1 aromatic carbocycles. The highest BCUT2D eigenvalue weighted by molar-refractivity contribution is 14.0. The van der Waals surface area contributed by atoms with Crippen LogP contribution in [0.4, 0.5) is 0 Å². The molecule has 1 aliphatic rings. The molecule has 27 heavy (non-hydrogen) atoms. The van der Waals surface area contributed by atoms with Crippen molar-refractivity contribution in [2.75, 3.05) is 54.1 Å². The van der Waals surface area contributed by atoms with E-state index >= 15 is 0 Å². The number of benzene rings is 1. The number of nitrogens with zero attached hydrogens (tertiary/aromatic N) is 2. The molecule has 2 rings (SSSR count). The van der Waals surface area contributed by atoms with Crippen molar-refractivity contribution in [1.82, 2.24) is 15.5 Å². The summed E-state index contributed by atoms with van der Waals surface area (Å²) in [7, 11) is 5.98. The Morgan fingerprint density at radius 3 is 2.70 bits per heavy atom. The summed E-state index contributed by atoms with van der Waals surface area (Å²) in [6.07, 6.45) is 2.09. The smallest absolute Gasteiger partial charge is 0.191 e. The number of halogens is 1. The van der Waals surface area contributed by atoms with E-state index in [4.69, 9.17) is 9.47 Å². The van der Waals surface area contributed by atoms with E-state index in [2.05, 4.69) is 58.9 Å². The Kier molecular flexibility index (Phi) is 12.6. The molecular formula is C20H35IN4O2. The first-order valence-electron chi connectivity index (χ1n) is 9.50. The average molecular weight is 490 g/mol. The highest BCUT2D eigenvalue weighted by Crippen LogP contribution is 2.12. The third kappa shape index (κ3) is 9.73. The summed E-state index contributed by atoms with van der Waals surface area (Å²) in [5, 5.41) is 6.75. The van der Waals surface area contributed by atoms with Gasteiger partial charge in [0.2, 0.25) is 0 Å². The van der Waals surface area contributed by atoms with Crippen LogP contribution in [0.1, 0.15) is 24.0 Å². The van der Waals surface area contributed by atoms with Gasteiger partial charge in [-0.05, 0) is 38.1 Å². The highest BCUT2D eigenvalue weighted by atomic mass is 127. The number of rotatable bonds is 10. The van der Waals surface area contributed by atoms with Crippen molar-refractivity contribution < 1.29 is 9.47 Å². The average Bonchev–Trinajstić information content (AvgIpc) is 3.14. The fraction of sp³-hybridized carbons (Fsp3) is 0.650. The highest BCUT2D eigenvalue weighted by Gasteiger charge is 2.15. The van der Waals surface area contributed by atoms with Crippen LogP contribution < -0.4 is 10.6 Å². The van der Waals surface area contributed by atoms with Crippen molar-refractivity contribution in [2.45, 2.75) is 25.9 Å². The Morgan fingerprint density at radius 1 is 1.26 bits per heavy atom. The van der Waals surface area contributed by atoms with Crippen molar-refractivity contribution in [2.24, 2.45) is 10.9 Å². The largest absolute Gasteiger partial charge is 0.381 e. The van der Waals surface area contributed by atoms with Crippen LogP contribution in [0.2, 0.25) is 0 Å². The van der Waals surface area contributed by atoms with Crippen LogP contribution >= 0.6 is 24.0 Å². The standard InChI is InChI=1S/C20H34N4O2.HI/c1-21-20(22-10-6-11-25-15-17-9-12-26-16-17)23-13-18-7-4-5-8-19(18)14-24(2)3;/h4-5,7-8,17H,6,9-16H2,1-3H3,(H2,21,22,23);1H. The second-order valence-corrected chi connectivity index (χ2v) is 7.02. The Bertz CT molecular complexity index is 549. The third-order valence-corrected chi connectivity index (χ3v) is 4.41. The van der Waals surface area contributed by atoms with E-state index in [1.165, 1.54) is 11.1 Å². The molecule has 0 amide bonds. The zero-order valence-corrected chi connectivity index (χ0v) is 19.2. The van der Waals surface area contributed by atoms with E-state index in [1.54, 1.807) is 7.05 Å². The Hall–Kier alpha value is -0.900. The molecule has 1 aromatic rings. The fourth-order valence-electron chi connectivity index (χ4n) is 2.97. The van der Waals surface area contributed by atoms with Crippen molar-refractivity contribution in [3.05, 3.63) is 35.4 Å². The first-order chi connectivity index (χ1) is 12.7. The molecule has 1 heterocycles. The topological polar surface area (TPSA) is 58.1 Å². The van der Waals surface area contributed by atoms with Crippen molar-refractivity contribution >= 4 is 29.9 Å². The molecule has 1 aliphatic heterocycles. The van der Waals surface area contributed by atoms with E-state index in [-0.39, 0.29) is 24.0 Å². The van der Waals surface area contributed by atoms with Crippen LogP contribution in [-0.2, 0) is 22.6 Å². The maximum atomic E-state index is 5.73. The van der Waals surface area contributed by atoms with Gasteiger partial charge in [-0.1, -0.05) is 24.3 Å². The number of hydrogen-bond acceptors (Lipinski definition) is 4. The predicted octanol–water partition coefficient (Wildman–Crippen LogP) is 2.47.